The van der Waals surface area contributed by atoms with E-state index in [4.69, 9.17) is 9.47 Å². The van der Waals surface area contributed by atoms with Crippen LogP contribution in [-0.4, -0.2) is 20.0 Å². The van der Waals surface area contributed by atoms with Crippen LogP contribution in [0.5, 0.6) is 0 Å². The fourth-order valence-corrected chi connectivity index (χ4v) is 4.18. The van der Waals surface area contributed by atoms with Crippen molar-refractivity contribution in [3.63, 3.8) is 0 Å². The van der Waals surface area contributed by atoms with Gasteiger partial charge in [0.05, 0.1) is 12.0 Å². The molecule has 29 heavy (non-hydrogen) atoms. The fraction of sp³-hybridized carbons (Fsp3) is 0.240. The molecule has 0 saturated carbocycles. The normalized spacial score (nSPS) is 18.4. The molecule has 1 aliphatic rings. The molecule has 4 nitrogen and oxygen atoms in total. The molecule has 0 amide bonds. The number of rotatable bonds is 5. The summed E-state index contributed by atoms with van der Waals surface area (Å²) in [6.07, 6.45) is -0.404. The maximum Gasteiger partial charge on any atom is 0.183 e. The monoisotopic (exact) mass is 387 g/mol. The molecular formula is C25H25NO3. The number of carbonyl (C=O) groups is 1. The summed E-state index contributed by atoms with van der Waals surface area (Å²) >= 11 is 0. The number of carbonyl (C=O) groups excluding carboxylic acids is 1. The average molecular weight is 387 g/mol. The van der Waals surface area contributed by atoms with Crippen LogP contribution in [-0.2, 0) is 9.47 Å². The molecule has 4 rings (SSSR count). The molecule has 4 heteroatoms. The van der Waals surface area contributed by atoms with Crippen molar-refractivity contribution >= 4 is 11.5 Å². The molecule has 0 spiro atoms. The summed E-state index contributed by atoms with van der Waals surface area (Å²) in [4.78, 5) is 13.6. The number of Topliss-reactive ketones (excluding diaryl/α,β-unsaturated/α-hetero) is 1. The largest absolute Gasteiger partial charge is 0.377 e. The van der Waals surface area contributed by atoms with Crippen LogP contribution in [0.3, 0.4) is 0 Å². The van der Waals surface area contributed by atoms with Gasteiger partial charge >= 0.3 is 0 Å². The lowest BCUT2D eigenvalue weighted by atomic mass is 9.77. The highest BCUT2D eigenvalue weighted by Gasteiger charge is 2.38. The number of fused-ring (bicyclic) bond motifs is 1. The van der Waals surface area contributed by atoms with Crippen molar-refractivity contribution < 1.29 is 14.3 Å². The third-order valence-electron chi connectivity index (χ3n) is 5.60. The first-order chi connectivity index (χ1) is 14.1. The second-order valence-electron chi connectivity index (χ2n) is 7.34. The Hall–Kier alpha value is -2.95. The van der Waals surface area contributed by atoms with E-state index in [9.17, 15) is 4.79 Å². The molecule has 0 fully saturated rings. The van der Waals surface area contributed by atoms with Crippen LogP contribution in [0, 0.1) is 6.92 Å². The molecule has 0 radical (unpaired) electrons. The van der Waals surface area contributed by atoms with E-state index in [-0.39, 0.29) is 17.7 Å². The number of aryl methyl sites for hydroxylation is 1. The van der Waals surface area contributed by atoms with Gasteiger partial charge in [0.2, 0.25) is 0 Å². The second-order valence-corrected chi connectivity index (χ2v) is 7.34. The average Bonchev–Trinajstić information content (AvgIpc) is 2.75. The Morgan fingerprint density at radius 3 is 2.17 bits per heavy atom. The second kappa shape index (κ2) is 8.19. The van der Waals surface area contributed by atoms with Gasteiger partial charge in [-0.15, -0.1) is 0 Å². The number of hydrogen-bond acceptors (Lipinski definition) is 4. The van der Waals surface area contributed by atoms with Crippen LogP contribution in [0.4, 0.5) is 5.69 Å². The fourth-order valence-electron chi connectivity index (χ4n) is 4.18. The first-order valence-corrected chi connectivity index (χ1v) is 9.74. The number of ether oxygens (including phenoxy) is 2. The lowest BCUT2D eigenvalue weighted by Gasteiger charge is -2.35. The molecule has 2 unspecified atom stereocenters. The highest BCUT2D eigenvalue weighted by molar-refractivity contribution is 6.09. The Morgan fingerprint density at radius 1 is 0.828 bits per heavy atom. The number of anilines is 1. The summed E-state index contributed by atoms with van der Waals surface area (Å²) in [7, 11) is 3.24. The zero-order valence-electron chi connectivity index (χ0n) is 16.9. The van der Waals surface area contributed by atoms with Crippen molar-refractivity contribution in [2.75, 3.05) is 19.5 Å². The maximum absolute atomic E-state index is 13.6. The minimum Gasteiger partial charge on any atom is -0.377 e. The van der Waals surface area contributed by atoms with Gasteiger partial charge in [-0.05, 0) is 29.7 Å². The van der Waals surface area contributed by atoms with E-state index in [1.807, 2.05) is 79.7 Å². The van der Waals surface area contributed by atoms with Crippen molar-refractivity contribution in [3.8, 4) is 0 Å². The SMILES string of the molecule is COC(OC)c1ccc(C2Nc3cccc(C)c3C(=O)C2c2ccccc2)cc1. The summed E-state index contributed by atoms with van der Waals surface area (Å²) in [6, 6.07) is 23.9. The van der Waals surface area contributed by atoms with Crippen molar-refractivity contribution in [1.29, 1.82) is 0 Å². The molecule has 0 bridgehead atoms. The summed E-state index contributed by atoms with van der Waals surface area (Å²) in [5.41, 5.74) is 5.68. The Kier molecular flexibility index (Phi) is 5.47. The molecule has 1 N–H and O–H groups in total. The predicted molar refractivity (Wildman–Crippen MR) is 114 cm³/mol. The van der Waals surface area contributed by atoms with Gasteiger partial charge < -0.3 is 14.8 Å². The number of methoxy groups -OCH3 is 2. The topological polar surface area (TPSA) is 47.6 Å². The summed E-state index contributed by atoms with van der Waals surface area (Å²) < 4.78 is 10.7. The quantitative estimate of drug-likeness (QED) is 0.594. The Bertz CT molecular complexity index is 994. The minimum atomic E-state index is -0.404. The molecule has 0 aromatic heterocycles. The Labute approximate surface area is 171 Å². The van der Waals surface area contributed by atoms with Gasteiger partial charge in [-0.1, -0.05) is 66.7 Å². The Morgan fingerprint density at radius 2 is 1.52 bits per heavy atom. The van der Waals surface area contributed by atoms with Gasteiger partial charge in [-0.3, -0.25) is 4.79 Å². The first-order valence-electron chi connectivity index (χ1n) is 9.74. The number of benzene rings is 3. The molecule has 0 saturated heterocycles. The highest BCUT2D eigenvalue weighted by atomic mass is 16.7. The zero-order valence-corrected chi connectivity index (χ0v) is 16.9. The van der Waals surface area contributed by atoms with Gasteiger partial charge in [-0.2, -0.15) is 0 Å². The van der Waals surface area contributed by atoms with Crippen LogP contribution in [0.2, 0.25) is 0 Å². The van der Waals surface area contributed by atoms with Crippen LogP contribution < -0.4 is 5.32 Å². The van der Waals surface area contributed by atoms with Crippen molar-refractivity contribution in [1.82, 2.24) is 0 Å². The van der Waals surface area contributed by atoms with E-state index in [1.54, 1.807) is 14.2 Å². The van der Waals surface area contributed by atoms with Gasteiger partial charge in [0.15, 0.2) is 12.1 Å². The van der Waals surface area contributed by atoms with E-state index in [1.165, 1.54) is 0 Å². The molecule has 2 atom stereocenters. The minimum absolute atomic E-state index is 0.156. The molecular weight excluding hydrogens is 362 g/mol. The number of ketones is 1. The predicted octanol–water partition coefficient (Wildman–Crippen LogP) is 5.42. The third-order valence-corrected chi connectivity index (χ3v) is 5.60. The lowest BCUT2D eigenvalue weighted by Crippen LogP contribution is -2.32. The van der Waals surface area contributed by atoms with E-state index in [2.05, 4.69) is 5.32 Å². The van der Waals surface area contributed by atoms with E-state index >= 15 is 0 Å². The van der Waals surface area contributed by atoms with Gasteiger partial charge in [0.1, 0.15) is 0 Å². The molecule has 0 aliphatic carbocycles. The molecule has 1 aliphatic heterocycles. The third kappa shape index (κ3) is 3.57. The standard InChI is InChI=1S/C25H25NO3/c1-16-8-7-11-20-21(16)24(27)22(17-9-5-4-6-10-17)23(26-20)18-12-14-19(15-13-18)25(28-2)29-3/h4-15,22-23,25-26H,1-3H3. The maximum atomic E-state index is 13.6. The number of hydrogen-bond donors (Lipinski definition) is 1. The number of nitrogens with one attached hydrogen (secondary N) is 1. The molecule has 3 aromatic carbocycles. The van der Waals surface area contributed by atoms with Gasteiger partial charge in [0.25, 0.3) is 0 Å². The van der Waals surface area contributed by atoms with Crippen LogP contribution >= 0.6 is 0 Å². The van der Waals surface area contributed by atoms with Gasteiger partial charge in [0, 0.05) is 31.0 Å². The zero-order chi connectivity index (χ0) is 20.4. The summed E-state index contributed by atoms with van der Waals surface area (Å²) in [5, 5.41) is 3.63. The lowest BCUT2D eigenvalue weighted by molar-refractivity contribution is -0.106. The summed E-state index contributed by atoms with van der Waals surface area (Å²) in [5.74, 6) is -0.139. The van der Waals surface area contributed by atoms with Crippen molar-refractivity contribution in [2.24, 2.45) is 0 Å². The smallest absolute Gasteiger partial charge is 0.183 e. The molecule has 148 valence electrons. The molecule has 1 heterocycles. The highest BCUT2D eigenvalue weighted by Crippen LogP contribution is 2.43. The summed E-state index contributed by atoms with van der Waals surface area (Å²) in [6.45, 7) is 1.99. The Balaban J connectivity index is 1.79. The first kappa shape index (κ1) is 19.4. The van der Waals surface area contributed by atoms with Gasteiger partial charge in [-0.25, -0.2) is 0 Å². The van der Waals surface area contributed by atoms with E-state index < -0.39 is 6.29 Å². The van der Waals surface area contributed by atoms with Crippen LogP contribution in [0.1, 0.15) is 50.9 Å². The van der Waals surface area contributed by atoms with Crippen LogP contribution in [0.15, 0.2) is 72.8 Å². The van der Waals surface area contributed by atoms with Crippen molar-refractivity contribution in [2.45, 2.75) is 25.2 Å². The van der Waals surface area contributed by atoms with Crippen molar-refractivity contribution in [3.05, 3.63) is 101 Å². The van der Waals surface area contributed by atoms with E-state index in [0.29, 0.717) is 0 Å². The molecule has 3 aromatic rings. The van der Waals surface area contributed by atoms with Crippen LogP contribution in [0.25, 0.3) is 0 Å². The van der Waals surface area contributed by atoms with E-state index in [0.717, 1.165) is 33.5 Å².